The van der Waals surface area contributed by atoms with Gasteiger partial charge in [0.05, 0.1) is 23.0 Å². The highest BCUT2D eigenvalue weighted by Crippen LogP contribution is 2.35. The summed E-state index contributed by atoms with van der Waals surface area (Å²) in [5.41, 5.74) is 1.21. The van der Waals surface area contributed by atoms with Gasteiger partial charge in [-0.1, -0.05) is 36.4 Å². The van der Waals surface area contributed by atoms with Gasteiger partial charge in [-0.15, -0.1) is 0 Å². The molecule has 6 nitrogen and oxygen atoms in total. The van der Waals surface area contributed by atoms with Gasteiger partial charge in [0, 0.05) is 26.2 Å². The predicted molar refractivity (Wildman–Crippen MR) is 117 cm³/mol. The highest BCUT2D eigenvalue weighted by atomic mass is 32.2. The summed E-state index contributed by atoms with van der Waals surface area (Å²) in [5, 5.41) is 3.08. The van der Waals surface area contributed by atoms with Crippen molar-refractivity contribution in [2.24, 2.45) is 0 Å². The first-order valence-electron chi connectivity index (χ1n) is 10.9. The molecule has 1 amide bonds. The monoisotopic (exact) mass is 481 g/mol. The highest BCUT2D eigenvalue weighted by Gasteiger charge is 2.39. The predicted octanol–water partition coefficient (Wildman–Crippen LogP) is 3.21. The molecular weight excluding hydrogens is 455 g/mol. The lowest BCUT2D eigenvalue weighted by Gasteiger charge is -2.34. The minimum absolute atomic E-state index is 0.0219. The second-order valence-corrected chi connectivity index (χ2v) is 10.3. The van der Waals surface area contributed by atoms with E-state index in [2.05, 4.69) is 11.4 Å². The van der Waals surface area contributed by atoms with E-state index in [1.807, 2.05) is 23.1 Å². The number of amides is 1. The van der Waals surface area contributed by atoms with Gasteiger partial charge in [0.25, 0.3) is 0 Å². The number of nitrogens with one attached hydrogen (secondary N) is 1. The minimum atomic E-state index is -4.76. The SMILES string of the molecule is O=C(CN1CCN(S(=O)(=O)c2ccccc2C(F)(F)F)CC1)N[C@@H]1CCCc2ccccc21. The normalized spacial score (nSPS) is 20.3. The van der Waals surface area contributed by atoms with E-state index < -0.39 is 26.7 Å². The van der Waals surface area contributed by atoms with Gasteiger partial charge in [0.1, 0.15) is 0 Å². The molecule has 1 N–H and O–H groups in total. The molecule has 1 atom stereocenters. The fraction of sp³-hybridized carbons (Fsp3) is 0.435. The summed E-state index contributed by atoms with van der Waals surface area (Å²) >= 11 is 0. The molecule has 2 aliphatic rings. The molecule has 0 radical (unpaired) electrons. The topological polar surface area (TPSA) is 69.7 Å². The number of aryl methyl sites for hydroxylation is 1. The van der Waals surface area contributed by atoms with E-state index in [1.165, 1.54) is 17.7 Å². The Kier molecular flexibility index (Phi) is 6.78. The number of benzene rings is 2. The molecule has 0 bridgehead atoms. The third kappa shape index (κ3) is 5.23. The maximum absolute atomic E-state index is 13.3. The van der Waals surface area contributed by atoms with Crippen LogP contribution in [0.3, 0.4) is 0 Å². The first kappa shape index (κ1) is 23.7. The van der Waals surface area contributed by atoms with Crippen molar-refractivity contribution in [1.29, 1.82) is 0 Å². The molecule has 1 aliphatic carbocycles. The van der Waals surface area contributed by atoms with Crippen molar-refractivity contribution in [3.63, 3.8) is 0 Å². The van der Waals surface area contributed by atoms with Crippen LogP contribution in [0.2, 0.25) is 0 Å². The number of nitrogens with zero attached hydrogens (tertiary/aromatic N) is 2. The van der Waals surface area contributed by atoms with Crippen LogP contribution in [0, 0.1) is 0 Å². The number of carbonyl (C=O) groups is 1. The van der Waals surface area contributed by atoms with E-state index in [0.717, 1.165) is 41.3 Å². The molecule has 2 aromatic carbocycles. The summed E-state index contributed by atoms with van der Waals surface area (Å²) in [5.74, 6) is -0.143. The zero-order chi connectivity index (χ0) is 23.6. The van der Waals surface area contributed by atoms with Crippen LogP contribution in [0.25, 0.3) is 0 Å². The minimum Gasteiger partial charge on any atom is -0.348 e. The zero-order valence-electron chi connectivity index (χ0n) is 18.0. The lowest BCUT2D eigenvalue weighted by molar-refractivity contribution is -0.140. The molecule has 2 aromatic rings. The van der Waals surface area contributed by atoms with Crippen molar-refractivity contribution >= 4 is 15.9 Å². The standard InChI is InChI=1S/C23H26F3N3O3S/c24-23(25,26)19-9-3-4-11-21(19)33(31,32)29-14-12-28(13-15-29)16-22(30)27-20-10-5-7-17-6-1-2-8-18(17)20/h1-4,6,8-9,11,20H,5,7,10,12-16H2,(H,27,30)/t20-/m1/s1. The smallest absolute Gasteiger partial charge is 0.348 e. The van der Waals surface area contributed by atoms with Crippen LogP contribution in [0.15, 0.2) is 53.4 Å². The van der Waals surface area contributed by atoms with E-state index >= 15 is 0 Å². The van der Waals surface area contributed by atoms with Gasteiger partial charge < -0.3 is 5.32 Å². The van der Waals surface area contributed by atoms with Gasteiger partial charge in [-0.05, 0) is 42.5 Å². The average Bonchev–Trinajstić information content (AvgIpc) is 2.79. The van der Waals surface area contributed by atoms with Crippen molar-refractivity contribution in [2.75, 3.05) is 32.7 Å². The Morgan fingerprint density at radius 3 is 2.39 bits per heavy atom. The Morgan fingerprint density at radius 2 is 1.67 bits per heavy atom. The zero-order valence-corrected chi connectivity index (χ0v) is 18.8. The molecule has 33 heavy (non-hydrogen) atoms. The van der Waals surface area contributed by atoms with Crippen molar-refractivity contribution in [1.82, 2.24) is 14.5 Å². The number of hydrogen-bond acceptors (Lipinski definition) is 4. The second-order valence-electron chi connectivity index (χ2n) is 8.39. The molecule has 1 aliphatic heterocycles. The van der Waals surface area contributed by atoms with E-state index in [4.69, 9.17) is 0 Å². The maximum atomic E-state index is 13.3. The summed E-state index contributed by atoms with van der Waals surface area (Å²) in [6, 6.07) is 12.2. The van der Waals surface area contributed by atoms with Crippen molar-refractivity contribution in [2.45, 2.75) is 36.4 Å². The molecule has 10 heteroatoms. The lowest BCUT2D eigenvalue weighted by Crippen LogP contribution is -2.51. The number of alkyl halides is 3. The Morgan fingerprint density at radius 1 is 1.00 bits per heavy atom. The number of fused-ring (bicyclic) bond motifs is 1. The van der Waals surface area contributed by atoms with Gasteiger partial charge in [-0.2, -0.15) is 17.5 Å². The molecule has 0 aromatic heterocycles. The summed E-state index contributed by atoms with van der Waals surface area (Å²) < 4.78 is 66.7. The molecule has 0 spiro atoms. The summed E-state index contributed by atoms with van der Waals surface area (Å²) in [4.78, 5) is 13.7. The number of rotatable bonds is 5. The van der Waals surface area contributed by atoms with Gasteiger partial charge in [0.15, 0.2) is 0 Å². The molecule has 1 heterocycles. The molecule has 1 fully saturated rings. The maximum Gasteiger partial charge on any atom is 0.417 e. The van der Waals surface area contributed by atoms with E-state index in [9.17, 15) is 26.4 Å². The Bertz CT molecular complexity index is 1110. The average molecular weight is 482 g/mol. The van der Waals surface area contributed by atoms with E-state index in [1.54, 1.807) is 0 Å². The molecule has 0 saturated carbocycles. The quantitative estimate of drug-likeness (QED) is 0.712. The van der Waals surface area contributed by atoms with Gasteiger partial charge in [0.2, 0.25) is 15.9 Å². The summed E-state index contributed by atoms with van der Waals surface area (Å²) in [6.45, 7) is 0.692. The lowest BCUT2D eigenvalue weighted by atomic mass is 9.88. The number of carbonyl (C=O) groups excluding carboxylic acids is 1. The molecular formula is C23H26F3N3O3S. The van der Waals surface area contributed by atoms with E-state index in [0.29, 0.717) is 0 Å². The van der Waals surface area contributed by atoms with Crippen LogP contribution in [-0.2, 0) is 27.4 Å². The Labute approximate surface area is 191 Å². The number of halogens is 3. The van der Waals surface area contributed by atoms with Crippen LogP contribution in [0.5, 0.6) is 0 Å². The summed E-state index contributed by atoms with van der Waals surface area (Å²) in [7, 11) is -4.30. The number of piperazine rings is 1. The fourth-order valence-corrected chi connectivity index (χ4v) is 6.17. The second kappa shape index (κ2) is 9.44. The van der Waals surface area contributed by atoms with Crippen LogP contribution < -0.4 is 5.32 Å². The van der Waals surface area contributed by atoms with Crippen LogP contribution in [-0.4, -0.2) is 56.3 Å². The largest absolute Gasteiger partial charge is 0.417 e. The first-order chi connectivity index (χ1) is 15.7. The third-order valence-electron chi connectivity index (χ3n) is 6.21. The number of sulfonamides is 1. The number of hydrogen-bond donors (Lipinski definition) is 1. The van der Waals surface area contributed by atoms with Crippen LogP contribution in [0.1, 0.15) is 35.6 Å². The van der Waals surface area contributed by atoms with E-state index in [-0.39, 0.29) is 44.7 Å². The van der Waals surface area contributed by atoms with Gasteiger partial charge in [-0.25, -0.2) is 8.42 Å². The Hall–Kier alpha value is -2.43. The van der Waals surface area contributed by atoms with Gasteiger partial charge >= 0.3 is 6.18 Å². The third-order valence-corrected chi connectivity index (χ3v) is 8.17. The molecule has 4 rings (SSSR count). The molecule has 1 saturated heterocycles. The Balaban J connectivity index is 1.36. The van der Waals surface area contributed by atoms with Crippen molar-refractivity contribution < 1.29 is 26.4 Å². The highest BCUT2D eigenvalue weighted by molar-refractivity contribution is 7.89. The first-order valence-corrected chi connectivity index (χ1v) is 12.4. The fourth-order valence-electron chi connectivity index (χ4n) is 4.54. The summed E-state index contributed by atoms with van der Waals surface area (Å²) in [6.07, 6.45) is -1.90. The molecule has 178 valence electrons. The van der Waals surface area contributed by atoms with Crippen LogP contribution >= 0.6 is 0 Å². The van der Waals surface area contributed by atoms with Crippen molar-refractivity contribution in [3.05, 3.63) is 65.2 Å². The molecule has 0 unspecified atom stereocenters. The van der Waals surface area contributed by atoms with Crippen molar-refractivity contribution in [3.8, 4) is 0 Å². The van der Waals surface area contributed by atoms with Gasteiger partial charge in [-0.3, -0.25) is 9.69 Å². The van der Waals surface area contributed by atoms with Crippen LogP contribution in [0.4, 0.5) is 13.2 Å².